The number of aromatic carboxylic acids is 1. The third-order valence-corrected chi connectivity index (χ3v) is 5.06. The Balaban J connectivity index is 2.43. The molecule has 7 heteroatoms. The highest BCUT2D eigenvalue weighted by Crippen LogP contribution is 2.27. The summed E-state index contributed by atoms with van der Waals surface area (Å²) in [6.07, 6.45) is 0. The van der Waals surface area contributed by atoms with Crippen molar-refractivity contribution in [2.75, 3.05) is 11.4 Å². The molecule has 0 aliphatic heterocycles. The number of hydrogen-bond acceptors (Lipinski definition) is 3. The van der Waals surface area contributed by atoms with Crippen LogP contribution >= 0.6 is 11.6 Å². The van der Waals surface area contributed by atoms with E-state index < -0.39 is 16.0 Å². The number of benzene rings is 2. The van der Waals surface area contributed by atoms with Gasteiger partial charge in [0.05, 0.1) is 21.2 Å². The summed E-state index contributed by atoms with van der Waals surface area (Å²) in [5.41, 5.74) is 0.208. The molecule has 110 valence electrons. The largest absolute Gasteiger partial charge is 0.478 e. The van der Waals surface area contributed by atoms with E-state index in [1.165, 1.54) is 37.4 Å². The van der Waals surface area contributed by atoms with Gasteiger partial charge in [0.2, 0.25) is 0 Å². The molecule has 0 saturated carbocycles. The number of sulfonamides is 1. The first-order valence-corrected chi connectivity index (χ1v) is 7.72. The maximum Gasteiger partial charge on any atom is 0.337 e. The molecule has 21 heavy (non-hydrogen) atoms. The van der Waals surface area contributed by atoms with Crippen LogP contribution < -0.4 is 4.31 Å². The van der Waals surface area contributed by atoms with Crippen LogP contribution in [0, 0.1) is 0 Å². The third-order valence-electron chi connectivity index (χ3n) is 2.95. The molecular weight excluding hydrogens is 314 g/mol. The second kappa shape index (κ2) is 5.75. The maximum absolute atomic E-state index is 12.4. The molecular formula is C14H12ClNO4S. The number of carbonyl (C=O) groups is 1. The van der Waals surface area contributed by atoms with Gasteiger partial charge in [0, 0.05) is 7.05 Å². The molecule has 0 amide bonds. The summed E-state index contributed by atoms with van der Waals surface area (Å²) in [6.45, 7) is 0. The molecule has 2 aromatic carbocycles. The van der Waals surface area contributed by atoms with Crippen molar-refractivity contribution in [1.29, 1.82) is 0 Å². The predicted octanol–water partition coefficient (Wildman–Crippen LogP) is 2.86. The molecule has 0 saturated heterocycles. The van der Waals surface area contributed by atoms with E-state index in [0.29, 0.717) is 0 Å². The van der Waals surface area contributed by atoms with Crippen molar-refractivity contribution < 1.29 is 18.3 Å². The van der Waals surface area contributed by atoms with Crippen molar-refractivity contribution in [3.05, 3.63) is 59.1 Å². The molecule has 0 fully saturated rings. The number of nitrogens with zero attached hydrogens (tertiary/aromatic N) is 1. The fraction of sp³-hybridized carbons (Fsp3) is 0.0714. The van der Waals surface area contributed by atoms with E-state index in [1.54, 1.807) is 18.2 Å². The summed E-state index contributed by atoms with van der Waals surface area (Å²) < 4.78 is 25.9. The average Bonchev–Trinajstić information content (AvgIpc) is 2.46. The van der Waals surface area contributed by atoms with Crippen molar-refractivity contribution in [3.63, 3.8) is 0 Å². The molecule has 0 aromatic heterocycles. The van der Waals surface area contributed by atoms with Crippen LogP contribution in [-0.2, 0) is 10.0 Å². The number of anilines is 1. The first-order chi connectivity index (χ1) is 9.84. The minimum absolute atomic E-state index is 0.0184. The summed E-state index contributed by atoms with van der Waals surface area (Å²) in [5.74, 6) is -1.17. The summed E-state index contributed by atoms with van der Waals surface area (Å²) in [4.78, 5) is 11.0. The van der Waals surface area contributed by atoms with Gasteiger partial charge in [-0.2, -0.15) is 0 Å². The van der Waals surface area contributed by atoms with Crippen LogP contribution in [0.3, 0.4) is 0 Å². The molecule has 0 bridgehead atoms. The summed E-state index contributed by atoms with van der Waals surface area (Å²) >= 11 is 5.86. The van der Waals surface area contributed by atoms with Crippen molar-refractivity contribution >= 4 is 33.3 Å². The van der Waals surface area contributed by atoms with Crippen LogP contribution in [0.15, 0.2) is 53.4 Å². The zero-order valence-electron chi connectivity index (χ0n) is 11.0. The Labute approximate surface area is 127 Å². The van der Waals surface area contributed by atoms with E-state index in [1.807, 2.05) is 0 Å². The molecule has 0 spiro atoms. The lowest BCUT2D eigenvalue weighted by molar-refractivity contribution is 0.0697. The van der Waals surface area contributed by atoms with Crippen molar-refractivity contribution in [2.24, 2.45) is 0 Å². The van der Waals surface area contributed by atoms with E-state index in [-0.39, 0.29) is 21.2 Å². The van der Waals surface area contributed by atoms with Gasteiger partial charge in [-0.05, 0) is 30.3 Å². The summed E-state index contributed by atoms with van der Waals surface area (Å²) in [6, 6.07) is 11.9. The highest BCUT2D eigenvalue weighted by Gasteiger charge is 2.22. The van der Waals surface area contributed by atoms with Crippen LogP contribution in [0.25, 0.3) is 0 Å². The van der Waals surface area contributed by atoms with E-state index in [2.05, 4.69) is 0 Å². The predicted molar refractivity (Wildman–Crippen MR) is 80.4 cm³/mol. The molecule has 0 heterocycles. The van der Waals surface area contributed by atoms with Crippen LogP contribution in [0.5, 0.6) is 0 Å². The third kappa shape index (κ3) is 3.01. The molecule has 0 radical (unpaired) electrons. The van der Waals surface area contributed by atoms with E-state index >= 15 is 0 Å². The number of hydrogen-bond donors (Lipinski definition) is 1. The SMILES string of the molecule is CN(c1ccc(C(=O)O)c(Cl)c1)S(=O)(=O)c1ccccc1. The second-order valence-electron chi connectivity index (χ2n) is 4.25. The lowest BCUT2D eigenvalue weighted by atomic mass is 10.2. The van der Waals surface area contributed by atoms with Crippen LogP contribution in [0.2, 0.25) is 5.02 Å². The summed E-state index contributed by atoms with van der Waals surface area (Å²) in [5, 5.41) is 8.90. The summed E-state index contributed by atoms with van der Waals surface area (Å²) in [7, 11) is -2.33. The average molecular weight is 326 g/mol. The molecule has 2 rings (SSSR count). The standard InChI is InChI=1S/C14H12ClNO4S/c1-16(21(19,20)11-5-3-2-4-6-11)10-7-8-12(14(17)18)13(15)9-10/h2-9H,1H3,(H,17,18). The van der Waals surface area contributed by atoms with Gasteiger partial charge in [0.15, 0.2) is 0 Å². The normalized spacial score (nSPS) is 11.1. The van der Waals surface area contributed by atoms with Crippen molar-refractivity contribution in [2.45, 2.75) is 4.90 Å². The van der Waals surface area contributed by atoms with Crippen LogP contribution in [0.4, 0.5) is 5.69 Å². The van der Waals surface area contributed by atoms with Gasteiger partial charge in [0.1, 0.15) is 0 Å². The Morgan fingerprint density at radius 1 is 1.14 bits per heavy atom. The van der Waals surface area contributed by atoms with Gasteiger partial charge in [-0.1, -0.05) is 29.8 Å². The topological polar surface area (TPSA) is 74.7 Å². The van der Waals surface area contributed by atoms with Crippen LogP contribution in [-0.4, -0.2) is 26.5 Å². The molecule has 5 nitrogen and oxygen atoms in total. The van der Waals surface area contributed by atoms with Gasteiger partial charge in [-0.15, -0.1) is 0 Å². The minimum atomic E-state index is -3.71. The molecule has 1 N–H and O–H groups in total. The molecule has 0 unspecified atom stereocenters. The number of halogens is 1. The van der Waals surface area contributed by atoms with Gasteiger partial charge in [-0.3, -0.25) is 4.31 Å². The lowest BCUT2D eigenvalue weighted by Gasteiger charge is -2.20. The fourth-order valence-electron chi connectivity index (χ4n) is 1.76. The lowest BCUT2D eigenvalue weighted by Crippen LogP contribution is -2.26. The number of carboxylic acid groups (broad SMARTS) is 1. The van der Waals surface area contributed by atoms with Gasteiger partial charge >= 0.3 is 5.97 Å². The zero-order chi connectivity index (χ0) is 15.6. The Kier molecular flexibility index (Phi) is 4.20. The van der Waals surface area contributed by atoms with E-state index in [9.17, 15) is 13.2 Å². The highest BCUT2D eigenvalue weighted by molar-refractivity contribution is 7.92. The first-order valence-electron chi connectivity index (χ1n) is 5.91. The molecule has 0 atom stereocenters. The second-order valence-corrected chi connectivity index (χ2v) is 6.63. The number of rotatable bonds is 4. The highest BCUT2D eigenvalue weighted by atomic mass is 35.5. The smallest absolute Gasteiger partial charge is 0.337 e. The maximum atomic E-state index is 12.4. The minimum Gasteiger partial charge on any atom is -0.478 e. The quantitative estimate of drug-likeness (QED) is 0.938. The Morgan fingerprint density at radius 3 is 2.29 bits per heavy atom. The zero-order valence-corrected chi connectivity index (χ0v) is 12.6. The van der Waals surface area contributed by atoms with Gasteiger partial charge in [-0.25, -0.2) is 13.2 Å². The van der Waals surface area contributed by atoms with E-state index in [0.717, 1.165) is 4.31 Å². The molecule has 0 aliphatic rings. The van der Waals surface area contributed by atoms with Crippen LogP contribution in [0.1, 0.15) is 10.4 Å². The monoisotopic (exact) mass is 325 g/mol. The first kappa shape index (κ1) is 15.3. The Hall–Kier alpha value is -2.05. The molecule has 2 aromatic rings. The van der Waals surface area contributed by atoms with Gasteiger partial charge < -0.3 is 5.11 Å². The number of carboxylic acids is 1. The van der Waals surface area contributed by atoms with Gasteiger partial charge in [0.25, 0.3) is 10.0 Å². The Bertz CT molecular complexity index is 775. The fourth-order valence-corrected chi connectivity index (χ4v) is 3.23. The van der Waals surface area contributed by atoms with E-state index in [4.69, 9.17) is 16.7 Å². The van der Waals surface area contributed by atoms with Crippen molar-refractivity contribution in [3.8, 4) is 0 Å². The Morgan fingerprint density at radius 2 is 1.76 bits per heavy atom. The van der Waals surface area contributed by atoms with Crippen molar-refractivity contribution in [1.82, 2.24) is 0 Å². The molecule has 0 aliphatic carbocycles.